The van der Waals surface area contributed by atoms with Crippen molar-refractivity contribution in [3.8, 4) is 0 Å². The smallest absolute Gasteiger partial charge is 0.304 e. The van der Waals surface area contributed by atoms with Gasteiger partial charge in [-0.15, -0.1) is 0 Å². The molecule has 0 saturated carbocycles. The Morgan fingerprint density at radius 2 is 2.17 bits per heavy atom. The minimum atomic E-state index is -0.811. The van der Waals surface area contributed by atoms with Crippen molar-refractivity contribution in [2.45, 2.75) is 25.3 Å². The first-order valence-corrected chi connectivity index (χ1v) is 4.25. The molecule has 0 aromatic heterocycles. The largest absolute Gasteiger partial charge is 0.481 e. The lowest BCUT2D eigenvalue weighted by molar-refractivity contribution is -0.137. The molecule has 1 aliphatic heterocycles. The zero-order chi connectivity index (χ0) is 8.97. The first-order valence-electron chi connectivity index (χ1n) is 4.25. The quantitative estimate of drug-likeness (QED) is 0.640. The lowest BCUT2D eigenvalue weighted by atomic mass is 9.90. The van der Waals surface area contributed by atoms with Crippen LogP contribution in [0.25, 0.3) is 0 Å². The number of hydrogen-bond acceptors (Lipinski definition) is 3. The van der Waals surface area contributed by atoms with Crippen LogP contribution in [0.3, 0.4) is 0 Å². The van der Waals surface area contributed by atoms with Crippen LogP contribution in [-0.2, 0) is 9.53 Å². The minimum absolute atomic E-state index is 0.0741. The maximum absolute atomic E-state index is 10.3. The number of hydrogen-bond donors (Lipinski definition) is 2. The fourth-order valence-corrected chi connectivity index (χ4v) is 1.51. The molecule has 1 unspecified atom stereocenters. The molecule has 1 rings (SSSR count). The van der Waals surface area contributed by atoms with E-state index < -0.39 is 5.97 Å². The van der Waals surface area contributed by atoms with E-state index in [9.17, 15) is 4.79 Å². The van der Waals surface area contributed by atoms with E-state index in [1.54, 1.807) is 0 Å². The standard InChI is InChI=1S/C8H15NO3/c9-7(5-8(10)11)6-1-3-12-4-2-6/h6-7H,1-5,9H2,(H,10,11). The van der Waals surface area contributed by atoms with Gasteiger partial charge < -0.3 is 15.6 Å². The van der Waals surface area contributed by atoms with Gasteiger partial charge in [-0.2, -0.15) is 0 Å². The summed E-state index contributed by atoms with van der Waals surface area (Å²) in [5, 5.41) is 8.50. The van der Waals surface area contributed by atoms with Crippen LogP contribution >= 0.6 is 0 Å². The number of rotatable bonds is 3. The number of ether oxygens (including phenoxy) is 1. The summed E-state index contributed by atoms with van der Waals surface area (Å²) >= 11 is 0. The fourth-order valence-electron chi connectivity index (χ4n) is 1.51. The lowest BCUT2D eigenvalue weighted by Gasteiger charge is -2.26. The average Bonchev–Trinajstić information content (AvgIpc) is 2.05. The van der Waals surface area contributed by atoms with Crippen LogP contribution in [0, 0.1) is 5.92 Å². The first kappa shape index (κ1) is 9.48. The molecule has 4 heteroatoms. The number of carboxylic acids is 1. The number of carbonyl (C=O) groups is 1. The summed E-state index contributed by atoms with van der Waals surface area (Å²) in [6, 6.07) is -0.202. The normalized spacial score (nSPS) is 22.1. The lowest BCUT2D eigenvalue weighted by Crippen LogP contribution is -2.36. The van der Waals surface area contributed by atoms with E-state index in [-0.39, 0.29) is 12.5 Å². The molecule has 1 saturated heterocycles. The first-order chi connectivity index (χ1) is 5.70. The van der Waals surface area contributed by atoms with Crippen LogP contribution in [-0.4, -0.2) is 30.3 Å². The highest BCUT2D eigenvalue weighted by Crippen LogP contribution is 2.19. The molecule has 1 atom stereocenters. The van der Waals surface area contributed by atoms with E-state index in [4.69, 9.17) is 15.6 Å². The molecule has 0 spiro atoms. The van der Waals surface area contributed by atoms with Gasteiger partial charge in [0.1, 0.15) is 0 Å². The van der Waals surface area contributed by atoms with Gasteiger partial charge in [-0.05, 0) is 18.8 Å². The van der Waals surface area contributed by atoms with Gasteiger partial charge in [0.15, 0.2) is 0 Å². The molecular formula is C8H15NO3. The van der Waals surface area contributed by atoms with Gasteiger partial charge in [-0.3, -0.25) is 4.79 Å². The van der Waals surface area contributed by atoms with Crippen molar-refractivity contribution in [3.05, 3.63) is 0 Å². The predicted molar refractivity (Wildman–Crippen MR) is 43.8 cm³/mol. The molecule has 0 amide bonds. The molecule has 0 bridgehead atoms. The second-order valence-electron chi connectivity index (χ2n) is 3.21. The Morgan fingerprint density at radius 3 is 2.67 bits per heavy atom. The van der Waals surface area contributed by atoms with E-state index in [1.165, 1.54) is 0 Å². The summed E-state index contributed by atoms with van der Waals surface area (Å²) in [4.78, 5) is 10.3. The zero-order valence-electron chi connectivity index (χ0n) is 7.03. The van der Waals surface area contributed by atoms with Crippen molar-refractivity contribution in [2.24, 2.45) is 11.7 Å². The monoisotopic (exact) mass is 173 g/mol. The van der Waals surface area contributed by atoms with Crippen molar-refractivity contribution in [2.75, 3.05) is 13.2 Å². The van der Waals surface area contributed by atoms with Gasteiger partial charge in [-0.25, -0.2) is 0 Å². The van der Waals surface area contributed by atoms with E-state index >= 15 is 0 Å². The van der Waals surface area contributed by atoms with Gasteiger partial charge in [0, 0.05) is 19.3 Å². The Kier molecular flexibility index (Phi) is 3.49. The number of carboxylic acid groups (broad SMARTS) is 1. The number of aliphatic carboxylic acids is 1. The van der Waals surface area contributed by atoms with Crippen molar-refractivity contribution in [1.82, 2.24) is 0 Å². The van der Waals surface area contributed by atoms with Crippen molar-refractivity contribution < 1.29 is 14.6 Å². The maximum Gasteiger partial charge on any atom is 0.304 e. The Hall–Kier alpha value is -0.610. The van der Waals surface area contributed by atoms with E-state index in [2.05, 4.69) is 0 Å². The predicted octanol–water partition coefficient (Wildman–Crippen LogP) is 0.215. The SMILES string of the molecule is NC(CC(=O)O)C1CCOCC1. The van der Waals surface area contributed by atoms with Crippen LogP contribution < -0.4 is 5.73 Å². The van der Waals surface area contributed by atoms with Gasteiger partial charge in [0.25, 0.3) is 0 Å². The highest BCUT2D eigenvalue weighted by atomic mass is 16.5. The van der Waals surface area contributed by atoms with Crippen LogP contribution in [0.4, 0.5) is 0 Å². The molecule has 0 aliphatic carbocycles. The van der Waals surface area contributed by atoms with E-state index in [1.807, 2.05) is 0 Å². The molecular weight excluding hydrogens is 158 g/mol. The number of nitrogens with two attached hydrogens (primary N) is 1. The highest BCUT2D eigenvalue weighted by molar-refractivity contribution is 5.67. The van der Waals surface area contributed by atoms with Gasteiger partial charge >= 0.3 is 5.97 Å². The fraction of sp³-hybridized carbons (Fsp3) is 0.875. The molecule has 1 heterocycles. The Balaban J connectivity index is 2.29. The van der Waals surface area contributed by atoms with Crippen molar-refractivity contribution >= 4 is 5.97 Å². The van der Waals surface area contributed by atoms with Crippen molar-refractivity contribution in [1.29, 1.82) is 0 Å². The average molecular weight is 173 g/mol. The summed E-state index contributed by atoms with van der Waals surface area (Å²) in [6.45, 7) is 1.44. The molecule has 1 fully saturated rings. The second-order valence-corrected chi connectivity index (χ2v) is 3.21. The topological polar surface area (TPSA) is 72.6 Å². The minimum Gasteiger partial charge on any atom is -0.481 e. The van der Waals surface area contributed by atoms with E-state index in [0.29, 0.717) is 5.92 Å². The summed E-state index contributed by atoms with van der Waals surface area (Å²) in [5.74, 6) is -0.483. The Labute approximate surface area is 71.7 Å². The third-order valence-corrected chi connectivity index (χ3v) is 2.28. The molecule has 70 valence electrons. The molecule has 1 aliphatic rings. The third-order valence-electron chi connectivity index (χ3n) is 2.28. The zero-order valence-corrected chi connectivity index (χ0v) is 7.03. The summed E-state index contributed by atoms with van der Waals surface area (Å²) in [6.07, 6.45) is 1.87. The summed E-state index contributed by atoms with van der Waals surface area (Å²) < 4.78 is 5.15. The van der Waals surface area contributed by atoms with Gasteiger partial charge in [0.05, 0.1) is 6.42 Å². The van der Waals surface area contributed by atoms with Crippen LogP contribution in [0.2, 0.25) is 0 Å². The van der Waals surface area contributed by atoms with Gasteiger partial charge in [0.2, 0.25) is 0 Å². The molecule has 0 radical (unpaired) electrons. The van der Waals surface area contributed by atoms with Crippen LogP contribution in [0.5, 0.6) is 0 Å². The molecule has 0 aromatic rings. The van der Waals surface area contributed by atoms with Gasteiger partial charge in [-0.1, -0.05) is 0 Å². The van der Waals surface area contributed by atoms with Crippen LogP contribution in [0.15, 0.2) is 0 Å². The second kappa shape index (κ2) is 4.42. The molecule has 3 N–H and O–H groups in total. The van der Waals surface area contributed by atoms with E-state index in [0.717, 1.165) is 26.1 Å². The Morgan fingerprint density at radius 1 is 1.58 bits per heavy atom. The molecule has 4 nitrogen and oxygen atoms in total. The molecule has 0 aromatic carbocycles. The summed E-state index contributed by atoms with van der Waals surface area (Å²) in [5.41, 5.74) is 5.71. The Bertz CT molecular complexity index is 154. The van der Waals surface area contributed by atoms with Crippen LogP contribution in [0.1, 0.15) is 19.3 Å². The highest BCUT2D eigenvalue weighted by Gasteiger charge is 2.22. The van der Waals surface area contributed by atoms with Crippen molar-refractivity contribution in [3.63, 3.8) is 0 Å². The third kappa shape index (κ3) is 2.79. The molecule has 12 heavy (non-hydrogen) atoms. The maximum atomic E-state index is 10.3. The summed E-state index contributed by atoms with van der Waals surface area (Å²) in [7, 11) is 0.